The van der Waals surface area contributed by atoms with E-state index in [1.54, 1.807) is 11.8 Å². The molecule has 0 spiro atoms. The van der Waals surface area contributed by atoms with E-state index >= 15 is 0 Å². The third-order valence-corrected chi connectivity index (χ3v) is 4.14. The molecule has 0 aliphatic rings. The van der Waals surface area contributed by atoms with Crippen LogP contribution in [0.5, 0.6) is 0 Å². The van der Waals surface area contributed by atoms with Gasteiger partial charge in [-0.2, -0.15) is 0 Å². The van der Waals surface area contributed by atoms with E-state index in [-0.39, 0.29) is 17.8 Å². The summed E-state index contributed by atoms with van der Waals surface area (Å²) in [6.07, 6.45) is 1.11. The Labute approximate surface area is 149 Å². The first-order valence-corrected chi connectivity index (χ1v) is 8.53. The molecule has 132 valence electrons. The van der Waals surface area contributed by atoms with Crippen molar-refractivity contribution in [3.8, 4) is 0 Å². The van der Waals surface area contributed by atoms with Crippen LogP contribution in [-0.2, 0) is 27.3 Å². The molecule has 0 aliphatic carbocycles. The molecule has 0 bridgehead atoms. The zero-order chi connectivity index (χ0) is 18.1. The Kier molecular flexibility index (Phi) is 7.20. The zero-order valence-electron chi connectivity index (χ0n) is 14.9. The third-order valence-electron chi connectivity index (χ3n) is 4.14. The number of benzene rings is 2. The summed E-state index contributed by atoms with van der Waals surface area (Å²) < 4.78 is 4.80. The summed E-state index contributed by atoms with van der Waals surface area (Å²) in [6, 6.07) is 19.8. The molecule has 4 heteroatoms. The Morgan fingerprint density at radius 3 is 2.08 bits per heavy atom. The van der Waals surface area contributed by atoms with Gasteiger partial charge in [-0.15, -0.1) is 0 Å². The van der Waals surface area contributed by atoms with Crippen molar-refractivity contribution >= 4 is 11.9 Å². The maximum absolute atomic E-state index is 12.7. The van der Waals surface area contributed by atoms with Gasteiger partial charge in [0.2, 0.25) is 5.91 Å². The van der Waals surface area contributed by atoms with E-state index in [1.165, 1.54) is 7.11 Å². The van der Waals surface area contributed by atoms with Gasteiger partial charge in [0.15, 0.2) is 0 Å². The average molecular weight is 339 g/mol. The normalized spacial score (nSPS) is 11.6. The minimum Gasteiger partial charge on any atom is -0.469 e. The van der Waals surface area contributed by atoms with Crippen molar-refractivity contribution in [1.82, 2.24) is 4.90 Å². The van der Waals surface area contributed by atoms with Crippen molar-refractivity contribution in [2.75, 3.05) is 13.7 Å². The lowest BCUT2D eigenvalue weighted by Gasteiger charge is -2.25. The first-order valence-electron chi connectivity index (χ1n) is 8.53. The fraction of sp³-hybridized carbons (Fsp3) is 0.333. The summed E-state index contributed by atoms with van der Waals surface area (Å²) in [6.45, 7) is 2.64. The molecule has 1 amide bonds. The van der Waals surface area contributed by atoms with Gasteiger partial charge in [0.25, 0.3) is 0 Å². The Morgan fingerprint density at radius 2 is 1.52 bits per heavy atom. The van der Waals surface area contributed by atoms with Gasteiger partial charge in [-0.1, -0.05) is 67.6 Å². The summed E-state index contributed by atoms with van der Waals surface area (Å²) in [7, 11) is 1.37. The summed E-state index contributed by atoms with van der Waals surface area (Å²) in [5.74, 6) is -0.605. The number of aryl methyl sites for hydroxylation is 1. The van der Waals surface area contributed by atoms with Crippen molar-refractivity contribution in [1.29, 1.82) is 0 Å². The van der Waals surface area contributed by atoms with Crippen LogP contribution in [0.4, 0.5) is 0 Å². The molecule has 0 N–H and O–H groups in total. The van der Waals surface area contributed by atoms with E-state index in [0.29, 0.717) is 25.9 Å². The van der Waals surface area contributed by atoms with Crippen LogP contribution in [-0.4, -0.2) is 30.4 Å². The second kappa shape index (κ2) is 9.62. The van der Waals surface area contributed by atoms with E-state index in [0.717, 1.165) is 11.1 Å². The molecule has 0 fully saturated rings. The predicted molar refractivity (Wildman–Crippen MR) is 97.8 cm³/mol. The van der Waals surface area contributed by atoms with Crippen molar-refractivity contribution in [3.63, 3.8) is 0 Å². The highest BCUT2D eigenvalue weighted by atomic mass is 16.5. The molecular formula is C21H25NO3. The topological polar surface area (TPSA) is 46.6 Å². The standard InChI is InChI=1S/C21H25NO3/c1-17(21(24)25-2)15-22(16-19-11-7-4-8-12-19)20(23)14-13-18-9-5-3-6-10-18/h3-12,17H,13-16H2,1-2H3. The molecule has 1 atom stereocenters. The third kappa shape index (κ3) is 6.07. The highest BCUT2D eigenvalue weighted by Gasteiger charge is 2.21. The maximum Gasteiger partial charge on any atom is 0.310 e. The number of amides is 1. The summed E-state index contributed by atoms with van der Waals surface area (Å²) in [4.78, 5) is 26.2. The van der Waals surface area contributed by atoms with Gasteiger partial charge in [-0.05, 0) is 17.5 Å². The van der Waals surface area contributed by atoms with E-state index in [1.807, 2.05) is 60.7 Å². The van der Waals surface area contributed by atoms with Gasteiger partial charge in [0, 0.05) is 19.5 Å². The van der Waals surface area contributed by atoms with Crippen LogP contribution in [0.1, 0.15) is 24.5 Å². The second-order valence-electron chi connectivity index (χ2n) is 6.17. The van der Waals surface area contributed by atoms with Crippen molar-refractivity contribution in [3.05, 3.63) is 71.8 Å². The number of hydrogen-bond donors (Lipinski definition) is 0. The number of methoxy groups -OCH3 is 1. The lowest BCUT2D eigenvalue weighted by Crippen LogP contribution is -2.37. The van der Waals surface area contributed by atoms with Gasteiger partial charge >= 0.3 is 5.97 Å². The van der Waals surface area contributed by atoms with Gasteiger partial charge in [-0.3, -0.25) is 9.59 Å². The zero-order valence-corrected chi connectivity index (χ0v) is 14.9. The number of rotatable bonds is 8. The Hall–Kier alpha value is -2.62. The number of esters is 1. The van der Waals surface area contributed by atoms with Gasteiger partial charge < -0.3 is 9.64 Å². The molecule has 2 aromatic rings. The number of carbonyl (C=O) groups is 2. The molecule has 0 aromatic heterocycles. The van der Waals surface area contributed by atoms with E-state index in [2.05, 4.69) is 0 Å². The lowest BCUT2D eigenvalue weighted by atomic mass is 10.1. The Balaban J connectivity index is 2.03. The number of nitrogens with zero attached hydrogens (tertiary/aromatic N) is 1. The van der Waals surface area contributed by atoms with Gasteiger partial charge in [0.05, 0.1) is 13.0 Å². The fourth-order valence-electron chi connectivity index (χ4n) is 2.72. The van der Waals surface area contributed by atoms with Gasteiger partial charge in [-0.25, -0.2) is 0 Å². The first-order chi connectivity index (χ1) is 12.1. The first kappa shape index (κ1) is 18.7. The molecule has 2 rings (SSSR count). The highest BCUT2D eigenvalue weighted by molar-refractivity contribution is 5.78. The molecule has 0 heterocycles. The Bertz CT molecular complexity index is 670. The molecule has 1 unspecified atom stereocenters. The number of ether oxygens (including phenoxy) is 1. The SMILES string of the molecule is COC(=O)C(C)CN(Cc1ccccc1)C(=O)CCc1ccccc1. The Morgan fingerprint density at radius 1 is 0.960 bits per heavy atom. The molecule has 2 aromatic carbocycles. The minimum atomic E-state index is -0.352. The van der Waals surface area contributed by atoms with Gasteiger partial charge in [0.1, 0.15) is 0 Å². The molecular weight excluding hydrogens is 314 g/mol. The fourth-order valence-corrected chi connectivity index (χ4v) is 2.72. The largest absolute Gasteiger partial charge is 0.469 e. The van der Waals surface area contributed by atoms with Crippen molar-refractivity contribution in [2.45, 2.75) is 26.3 Å². The molecule has 0 radical (unpaired) electrons. The van der Waals surface area contributed by atoms with Crippen molar-refractivity contribution < 1.29 is 14.3 Å². The molecule has 0 saturated carbocycles. The second-order valence-corrected chi connectivity index (χ2v) is 6.17. The van der Waals surface area contributed by atoms with Crippen LogP contribution in [0.15, 0.2) is 60.7 Å². The van der Waals surface area contributed by atoms with E-state index in [4.69, 9.17) is 4.74 Å². The molecule has 0 aliphatic heterocycles. The van der Waals surface area contributed by atoms with Crippen LogP contribution >= 0.6 is 0 Å². The maximum atomic E-state index is 12.7. The summed E-state index contributed by atoms with van der Waals surface area (Å²) in [5.41, 5.74) is 2.18. The lowest BCUT2D eigenvalue weighted by molar-refractivity contribution is -0.146. The minimum absolute atomic E-state index is 0.0449. The van der Waals surface area contributed by atoms with Crippen molar-refractivity contribution in [2.24, 2.45) is 5.92 Å². The summed E-state index contributed by atoms with van der Waals surface area (Å²) >= 11 is 0. The van der Waals surface area contributed by atoms with Crippen LogP contribution in [0.3, 0.4) is 0 Å². The monoisotopic (exact) mass is 339 g/mol. The summed E-state index contributed by atoms with van der Waals surface area (Å²) in [5, 5.41) is 0. The van der Waals surface area contributed by atoms with Crippen LogP contribution in [0.25, 0.3) is 0 Å². The predicted octanol–water partition coefficient (Wildman–Crippen LogP) is 3.46. The smallest absolute Gasteiger partial charge is 0.310 e. The van der Waals surface area contributed by atoms with Crippen LogP contribution < -0.4 is 0 Å². The molecule has 4 nitrogen and oxygen atoms in total. The highest BCUT2D eigenvalue weighted by Crippen LogP contribution is 2.12. The van der Waals surface area contributed by atoms with E-state index in [9.17, 15) is 9.59 Å². The van der Waals surface area contributed by atoms with Crippen LogP contribution in [0.2, 0.25) is 0 Å². The number of carbonyl (C=O) groups excluding carboxylic acids is 2. The van der Waals surface area contributed by atoms with E-state index < -0.39 is 0 Å². The van der Waals surface area contributed by atoms with Crippen LogP contribution in [0, 0.1) is 5.92 Å². The molecule has 0 saturated heterocycles. The average Bonchev–Trinajstić information content (AvgIpc) is 2.66. The number of hydrogen-bond acceptors (Lipinski definition) is 3. The quantitative estimate of drug-likeness (QED) is 0.692. The molecule has 25 heavy (non-hydrogen) atoms.